The van der Waals surface area contributed by atoms with Crippen molar-refractivity contribution in [2.45, 2.75) is 13.8 Å². The second-order valence-electron chi connectivity index (χ2n) is 2.67. The number of para-hydroxylation sites is 2. The zero-order valence-corrected chi connectivity index (χ0v) is 14.0. The third kappa shape index (κ3) is 16.9. The molecule has 0 aromatic heterocycles. The summed E-state index contributed by atoms with van der Waals surface area (Å²) >= 11 is 0. The molecule has 102 valence electrons. The minimum Gasteiger partial charge on any atom is -0.508 e. The van der Waals surface area contributed by atoms with Crippen molar-refractivity contribution < 1.29 is 36.4 Å². The number of benzene rings is 2. The number of aromatic hydroxyl groups is 2. The van der Waals surface area contributed by atoms with E-state index in [1.165, 1.54) is 0 Å². The van der Waals surface area contributed by atoms with Crippen molar-refractivity contribution in [2.75, 3.05) is 0 Å². The first-order chi connectivity index (χ1) is 8.79. The van der Waals surface area contributed by atoms with Gasteiger partial charge in [0.15, 0.2) is 0 Å². The SMILES string of the molecule is Oc1ccccc1.Oc1ccccc1.[CH2-]C.[CH2-]C.[Zr+2]. The van der Waals surface area contributed by atoms with Gasteiger partial charge in [0.25, 0.3) is 0 Å². The van der Waals surface area contributed by atoms with Gasteiger partial charge in [-0.05, 0) is 24.3 Å². The smallest absolute Gasteiger partial charge is 0.508 e. The largest absolute Gasteiger partial charge is 2.00 e. The Morgan fingerprint density at radius 1 is 0.579 bits per heavy atom. The van der Waals surface area contributed by atoms with Gasteiger partial charge in [-0.1, -0.05) is 36.4 Å². The van der Waals surface area contributed by atoms with Crippen LogP contribution in [-0.2, 0) is 26.2 Å². The zero-order valence-electron chi connectivity index (χ0n) is 11.6. The molecule has 0 aliphatic rings. The summed E-state index contributed by atoms with van der Waals surface area (Å²) in [5, 5.41) is 17.3. The Bertz CT molecular complexity index is 312. The Kier molecular flexibility index (Phi) is 23.4. The van der Waals surface area contributed by atoms with Gasteiger partial charge in [-0.2, -0.15) is 13.8 Å². The van der Waals surface area contributed by atoms with Gasteiger partial charge in [0.1, 0.15) is 11.5 Å². The summed E-state index contributed by atoms with van der Waals surface area (Å²) in [7, 11) is 0. The van der Waals surface area contributed by atoms with E-state index in [4.69, 9.17) is 10.2 Å². The average Bonchev–Trinajstić information content (AvgIpc) is 2.46. The van der Waals surface area contributed by atoms with Crippen molar-refractivity contribution in [3.05, 3.63) is 74.5 Å². The van der Waals surface area contributed by atoms with Gasteiger partial charge < -0.3 is 24.1 Å². The van der Waals surface area contributed by atoms with Crippen LogP contribution >= 0.6 is 0 Å². The molecule has 0 radical (unpaired) electrons. The molecule has 2 aromatic carbocycles. The molecule has 0 aliphatic carbocycles. The first-order valence-corrected chi connectivity index (χ1v) is 5.68. The van der Waals surface area contributed by atoms with E-state index >= 15 is 0 Å². The van der Waals surface area contributed by atoms with Crippen molar-refractivity contribution in [3.63, 3.8) is 0 Å². The summed E-state index contributed by atoms with van der Waals surface area (Å²) in [5.41, 5.74) is 0. The normalized spacial score (nSPS) is 6.95. The molecule has 0 heterocycles. The first kappa shape index (κ1) is 23.0. The second kappa shape index (κ2) is 19.3. The minimum absolute atomic E-state index is 0. The zero-order chi connectivity index (χ0) is 14.2. The maximum atomic E-state index is 8.63. The molecule has 2 rings (SSSR count). The minimum atomic E-state index is 0. The molecule has 0 spiro atoms. The topological polar surface area (TPSA) is 40.5 Å². The summed E-state index contributed by atoms with van der Waals surface area (Å²) in [6.07, 6.45) is 0. The van der Waals surface area contributed by atoms with Crippen molar-refractivity contribution >= 4 is 0 Å². The van der Waals surface area contributed by atoms with E-state index in [1.807, 2.05) is 12.1 Å². The van der Waals surface area contributed by atoms with E-state index in [2.05, 4.69) is 13.8 Å². The molecular weight excluding hydrogens is 315 g/mol. The predicted octanol–water partition coefficient (Wildman–Crippen LogP) is 4.46. The number of hydrogen-bond donors (Lipinski definition) is 2. The Balaban J connectivity index is -0.000000205. The quantitative estimate of drug-likeness (QED) is 0.697. The van der Waals surface area contributed by atoms with Crippen LogP contribution < -0.4 is 0 Å². The van der Waals surface area contributed by atoms with Gasteiger partial charge >= 0.3 is 26.2 Å². The fourth-order valence-corrected chi connectivity index (χ4v) is 0.856. The van der Waals surface area contributed by atoms with Crippen molar-refractivity contribution in [1.82, 2.24) is 0 Å². The van der Waals surface area contributed by atoms with E-state index < -0.39 is 0 Å². The predicted molar refractivity (Wildman–Crippen MR) is 78.3 cm³/mol. The van der Waals surface area contributed by atoms with Gasteiger partial charge in [-0.25, -0.2) is 0 Å². The summed E-state index contributed by atoms with van der Waals surface area (Å²) in [5.74, 6) is 0.644. The third-order valence-corrected chi connectivity index (χ3v) is 1.51. The Hall–Kier alpha value is -1.08. The molecule has 0 amide bonds. The average molecular weight is 338 g/mol. The van der Waals surface area contributed by atoms with Crippen LogP contribution in [0.25, 0.3) is 0 Å². The monoisotopic (exact) mass is 336 g/mol. The summed E-state index contributed by atoms with van der Waals surface area (Å²) in [4.78, 5) is 0. The van der Waals surface area contributed by atoms with Crippen molar-refractivity contribution in [3.8, 4) is 11.5 Å². The van der Waals surface area contributed by atoms with Crippen LogP contribution in [-0.4, -0.2) is 10.2 Å². The van der Waals surface area contributed by atoms with Gasteiger partial charge in [0, 0.05) is 0 Å². The van der Waals surface area contributed by atoms with E-state index in [9.17, 15) is 0 Å². The Morgan fingerprint density at radius 3 is 0.895 bits per heavy atom. The Labute approximate surface area is 136 Å². The maximum absolute atomic E-state index is 8.63. The molecular formula is C16H22O2Zr. The van der Waals surface area contributed by atoms with Crippen LogP contribution in [0, 0.1) is 13.8 Å². The second-order valence-corrected chi connectivity index (χ2v) is 2.67. The molecule has 0 saturated heterocycles. The third-order valence-electron chi connectivity index (χ3n) is 1.51. The van der Waals surface area contributed by atoms with Gasteiger partial charge in [0.05, 0.1) is 0 Å². The molecule has 0 bridgehead atoms. The molecule has 2 aromatic rings. The van der Waals surface area contributed by atoms with Crippen LogP contribution in [0.3, 0.4) is 0 Å². The van der Waals surface area contributed by atoms with Crippen molar-refractivity contribution in [1.29, 1.82) is 0 Å². The van der Waals surface area contributed by atoms with Crippen LogP contribution in [0.5, 0.6) is 11.5 Å². The molecule has 2 nitrogen and oxygen atoms in total. The number of phenolic OH excluding ortho intramolecular Hbond substituents is 2. The van der Waals surface area contributed by atoms with Crippen LogP contribution in [0.1, 0.15) is 13.8 Å². The molecule has 0 unspecified atom stereocenters. The molecule has 0 atom stereocenters. The summed E-state index contributed by atoms with van der Waals surface area (Å²) in [6.45, 7) is 10.0. The van der Waals surface area contributed by atoms with Gasteiger partial charge in [-0.3, -0.25) is 0 Å². The molecule has 3 heteroatoms. The van der Waals surface area contributed by atoms with Gasteiger partial charge in [-0.15, -0.1) is 0 Å². The number of hydrogen-bond acceptors (Lipinski definition) is 2. The van der Waals surface area contributed by atoms with Crippen LogP contribution in [0.15, 0.2) is 60.7 Å². The standard InChI is InChI=1S/2C6H6O.2C2H5.Zr/c2*7-6-4-2-1-3-5-6;2*1-2;/h2*1-5,7H;2*1H2,2H3;/q;;2*-1;+2. The maximum Gasteiger partial charge on any atom is 2.00 e. The molecule has 0 aliphatic heterocycles. The summed E-state index contributed by atoms with van der Waals surface area (Å²) in [6, 6.07) is 17.4. The number of rotatable bonds is 0. The summed E-state index contributed by atoms with van der Waals surface area (Å²) < 4.78 is 0. The van der Waals surface area contributed by atoms with Crippen LogP contribution in [0.4, 0.5) is 0 Å². The van der Waals surface area contributed by atoms with E-state index in [-0.39, 0.29) is 26.2 Å². The number of phenols is 2. The van der Waals surface area contributed by atoms with Crippen molar-refractivity contribution in [2.24, 2.45) is 0 Å². The van der Waals surface area contributed by atoms with E-state index in [0.717, 1.165) is 0 Å². The van der Waals surface area contributed by atoms with Gasteiger partial charge in [0.2, 0.25) is 0 Å². The molecule has 2 N–H and O–H groups in total. The molecule has 0 saturated carbocycles. The van der Waals surface area contributed by atoms with E-state index in [0.29, 0.717) is 11.5 Å². The van der Waals surface area contributed by atoms with E-state index in [1.54, 1.807) is 62.4 Å². The fraction of sp³-hybridized carbons (Fsp3) is 0.125. The molecule has 19 heavy (non-hydrogen) atoms. The first-order valence-electron chi connectivity index (χ1n) is 5.68. The fourth-order valence-electron chi connectivity index (χ4n) is 0.856. The van der Waals surface area contributed by atoms with Crippen LogP contribution in [0.2, 0.25) is 0 Å². The Morgan fingerprint density at radius 2 is 0.789 bits per heavy atom. The molecule has 0 fully saturated rings.